The van der Waals surface area contributed by atoms with Gasteiger partial charge in [-0.25, -0.2) is 0 Å². The van der Waals surface area contributed by atoms with Crippen LogP contribution >= 0.6 is 11.6 Å². The third-order valence-electron chi connectivity index (χ3n) is 5.38. The van der Waals surface area contributed by atoms with E-state index in [2.05, 4.69) is 4.99 Å². The Bertz CT molecular complexity index is 891. The van der Waals surface area contributed by atoms with E-state index in [1.807, 2.05) is 37.3 Å². The standard InChI is InChI=1S/C24H30ClNO6/c1-2-31-18-7-4-15(5-8-18)12-17-13-16(6-9-19(17)25)24-23(30)22(29)21(28)20(32-24)14-26-10-3-11-27/h4-9,13-14,20-24,27-30H,2-3,10-12H2,1H3/t20-,21-,22+,23-,24+/m1/s1. The van der Waals surface area contributed by atoms with Gasteiger partial charge in [0.05, 0.1) is 6.61 Å². The molecule has 32 heavy (non-hydrogen) atoms. The highest BCUT2D eigenvalue weighted by atomic mass is 35.5. The molecule has 4 N–H and O–H groups in total. The van der Waals surface area contributed by atoms with Crippen LogP contribution in [0.3, 0.4) is 0 Å². The molecule has 0 unspecified atom stereocenters. The number of aliphatic hydroxyl groups excluding tert-OH is 4. The fraction of sp³-hybridized carbons (Fsp3) is 0.458. The first-order valence-corrected chi connectivity index (χ1v) is 11.1. The van der Waals surface area contributed by atoms with Crippen molar-refractivity contribution in [1.82, 2.24) is 0 Å². The molecule has 1 saturated heterocycles. The van der Waals surface area contributed by atoms with Gasteiger partial charge in [0.15, 0.2) is 0 Å². The molecule has 0 amide bonds. The number of aliphatic imine (C=N–C) groups is 1. The highest BCUT2D eigenvalue weighted by molar-refractivity contribution is 6.31. The minimum Gasteiger partial charge on any atom is -0.494 e. The summed E-state index contributed by atoms with van der Waals surface area (Å²) in [6.07, 6.45) is -3.30. The van der Waals surface area contributed by atoms with Crippen molar-refractivity contribution in [3.63, 3.8) is 0 Å². The van der Waals surface area contributed by atoms with E-state index in [0.29, 0.717) is 36.6 Å². The molecule has 1 fully saturated rings. The highest BCUT2D eigenvalue weighted by Crippen LogP contribution is 2.34. The largest absolute Gasteiger partial charge is 0.494 e. The highest BCUT2D eigenvalue weighted by Gasteiger charge is 2.43. The van der Waals surface area contributed by atoms with E-state index in [-0.39, 0.29) is 6.61 Å². The molecule has 0 spiro atoms. The van der Waals surface area contributed by atoms with Crippen molar-refractivity contribution in [3.05, 3.63) is 64.2 Å². The molecule has 174 valence electrons. The zero-order chi connectivity index (χ0) is 23.1. The van der Waals surface area contributed by atoms with Crippen molar-refractivity contribution in [2.24, 2.45) is 4.99 Å². The van der Waals surface area contributed by atoms with Crippen molar-refractivity contribution in [2.75, 3.05) is 19.8 Å². The minimum absolute atomic E-state index is 0.0112. The van der Waals surface area contributed by atoms with Crippen LogP contribution in [-0.2, 0) is 11.2 Å². The number of hydrogen-bond acceptors (Lipinski definition) is 7. The normalized spacial score (nSPS) is 25.9. The molecule has 2 aromatic rings. The molecule has 0 saturated carbocycles. The summed E-state index contributed by atoms with van der Waals surface area (Å²) in [6, 6.07) is 13.1. The molecule has 0 aliphatic carbocycles. The van der Waals surface area contributed by atoms with E-state index in [1.54, 1.807) is 12.1 Å². The number of nitrogens with zero attached hydrogens (tertiary/aromatic N) is 1. The number of aliphatic hydroxyl groups is 4. The smallest absolute Gasteiger partial charge is 0.122 e. The van der Waals surface area contributed by atoms with Gasteiger partial charge in [0, 0.05) is 24.4 Å². The Morgan fingerprint density at radius 3 is 2.50 bits per heavy atom. The van der Waals surface area contributed by atoms with Gasteiger partial charge in [0.2, 0.25) is 0 Å². The van der Waals surface area contributed by atoms with Crippen LogP contribution in [0.2, 0.25) is 5.02 Å². The van der Waals surface area contributed by atoms with Crippen LogP contribution in [0.4, 0.5) is 0 Å². The first kappa shape index (κ1) is 24.6. The lowest BCUT2D eigenvalue weighted by Crippen LogP contribution is -2.54. The number of benzene rings is 2. The zero-order valence-electron chi connectivity index (χ0n) is 18.0. The van der Waals surface area contributed by atoms with Crippen molar-refractivity contribution in [2.45, 2.75) is 50.3 Å². The Balaban J connectivity index is 1.79. The summed E-state index contributed by atoms with van der Waals surface area (Å²) in [5.74, 6) is 0.800. The van der Waals surface area contributed by atoms with E-state index in [1.165, 1.54) is 6.21 Å². The molecule has 5 atom stereocenters. The van der Waals surface area contributed by atoms with Gasteiger partial charge < -0.3 is 29.9 Å². The molecular weight excluding hydrogens is 434 g/mol. The summed E-state index contributed by atoms with van der Waals surface area (Å²) in [4.78, 5) is 4.14. The summed E-state index contributed by atoms with van der Waals surface area (Å²) in [7, 11) is 0. The second-order valence-electron chi connectivity index (χ2n) is 7.73. The predicted octanol–water partition coefficient (Wildman–Crippen LogP) is 2.31. The van der Waals surface area contributed by atoms with Crippen molar-refractivity contribution in [3.8, 4) is 5.75 Å². The van der Waals surface area contributed by atoms with Crippen LogP contribution in [0.25, 0.3) is 0 Å². The fourth-order valence-electron chi connectivity index (χ4n) is 3.64. The SMILES string of the molecule is CCOc1ccc(Cc2cc([C@@H]3O[C@H](C=NCCCO)[C@@H](O)[C@H](O)[C@H]3O)ccc2Cl)cc1. The van der Waals surface area contributed by atoms with Crippen LogP contribution in [0.1, 0.15) is 36.1 Å². The summed E-state index contributed by atoms with van der Waals surface area (Å²) in [5.41, 5.74) is 2.53. The van der Waals surface area contributed by atoms with Crippen molar-refractivity contribution in [1.29, 1.82) is 0 Å². The van der Waals surface area contributed by atoms with Gasteiger partial charge in [0.1, 0.15) is 36.3 Å². The van der Waals surface area contributed by atoms with Crippen LogP contribution < -0.4 is 4.74 Å². The lowest BCUT2D eigenvalue weighted by atomic mass is 9.90. The molecule has 8 heteroatoms. The third kappa shape index (κ3) is 6.07. The van der Waals surface area contributed by atoms with Gasteiger partial charge in [0.25, 0.3) is 0 Å². The average molecular weight is 464 g/mol. The van der Waals surface area contributed by atoms with E-state index in [9.17, 15) is 15.3 Å². The number of halogens is 1. The quantitative estimate of drug-likeness (QED) is 0.335. The van der Waals surface area contributed by atoms with E-state index >= 15 is 0 Å². The molecule has 0 radical (unpaired) electrons. The molecule has 1 aliphatic rings. The lowest BCUT2D eigenvalue weighted by Gasteiger charge is -2.39. The number of ether oxygens (including phenoxy) is 2. The summed E-state index contributed by atoms with van der Waals surface area (Å²) >= 11 is 6.42. The molecule has 0 aromatic heterocycles. The monoisotopic (exact) mass is 463 g/mol. The van der Waals surface area contributed by atoms with Crippen LogP contribution in [0.5, 0.6) is 5.75 Å². The Morgan fingerprint density at radius 1 is 1.06 bits per heavy atom. The maximum atomic E-state index is 10.6. The average Bonchev–Trinajstić information content (AvgIpc) is 2.79. The molecular formula is C24H30ClNO6. The molecule has 1 aliphatic heterocycles. The van der Waals surface area contributed by atoms with E-state index < -0.39 is 30.5 Å². The van der Waals surface area contributed by atoms with E-state index in [4.69, 9.17) is 26.2 Å². The Morgan fingerprint density at radius 2 is 1.81 bits per heavy atom. The Labute approximate surface area is 192 Å². The van der Waals surface area contributed by atoms with Gasteiger partial charge in [-0.2, -0.15) is 0 Å². The van der Waals surface area contributed by atoms with Crippen LogP contribution in [0, 0.1) is 0 Å². The number of hydrogen-bond donors (Lipinski definition) is 4. The van der Waals surface area contributed by atoms with Gasteiger partial charge >= 0.3 is 0 Å². The summed E-state index contributed by atoms with van der Waals surface area (Å²) in [6.45, 7) is 2.92. The first-order valence-electron chi connectivity index (χ1n) is 10.7. The second-order valence-corrected chi connectivity index (χ2v) is 8.14. The maximum Gasteiger partial charge on any atom is 0.122 e. The van der Waals surface area contributed by atoms with Gasteiger partial charge in [-0.3, -0.25) is 4.99 Å². The topological polar surface area (TPSA) is 112 Å². The van der Waals surface area contributed by atoms with E-state index in [0.717, 1.165) is 16.9 Å². The van der Waals surface area contributed by atoms with Gasteiger partial charge in [-0.1, -0.05) is 35.9 Å². The zero-order valence-corrected chi connectivity index (χ0v) is 18.7. The maximum absolute atomic E-state index is 10.6. The fourth-order valence-corrected chi connectivity index (χ4v) is 3.83. The first-order chi connectivity index (χ1) is 15.4. The Hall–Kier alpha value is -2.00. The summed E-state index contributed by atoms with van der Waals surface area (Å²) < 4.78 is 11.4. The summed E-state index contributed by atoms with van der Waals surface area (Å²) in [5, 5.41) is 40.6. The third-order valence-corrected chi connectivity index (χ3v) is 5.74. The Kier molecular flexibility index (Phi) is 9.04. The van der Waals surface area contributed by atoms with Crippen molar-refractivity contribution >= 4 is 17.8 Å². The second kappa shape index (κ2) is 11.7. The van der Waals surface area contributed by atoms with Gasteiger partial charge in [-0.05, 0) is 54.7 Å². The molecule has 0 bridgehead atoms. The number of rotatable bonds is 9. The van der Waals surface area contributed by atoms with Crippen LogP contribution in [-0.4, -0.2) is 70.8 Å². The molecule has 7 nitrogen and oxygen atoms in total. The molecule has 2 aromatic carbocycles. The molecule has 1 heterocycles. The minimum atomic E-state index is -1.40. The lowest BCUT2D eigenvalue weighted by molar-refractivity contribution is -0.205. The molecule has 3 rings (SSSR count). The predicted molar refractivity (Wildman–Crippen MR) is 123 cm³/mol. The van der Waals surface area contributed by atoms with Crippen molar-refractivity contribution < 1.29 is 29.9 Å². The van der Waals surface area contributed by atoms with Gasteiger partial charge in [-0.15, -0.1) is 0 Å². The van der Waals surface area contributed by atoms with Crippen LogP contribution in [0.15, 0.2) is 47.5 Å².